The zero-order valence-electron chi connectivity index (χ0n) is 4.24. The third kappa shape index (κ3) is 1.76. The van der Waals surface area contributed by atoms with Gasteiger partial charge in [-0.2, -0.15) is 0 Å². The molecule has 0 N–H and O–H groups in total. The molecule has 0 saturated heterocycles. The van der Waals surface area contributed by atoms with Crippen molar-refractivity contribution in [1.82, 2.24) is 4.98 Å². The number of hydrogen-bond acceptors (Lipinski definition) is 1. The predicted octanol–water partition coefficient (Wildman–Crippen LogP) is 2.48. The maximum atomic E-state index is 12.4. The molecule has 0 radical (unpaired) electrons. The van der Waals surface area contributed by atoms with E-state index in [1.54, 1.807) is 22.6 Å². The second kappa shape index (κ2) is 2.79. The molecule has 0 aliphatic carbocycles. The zero-order valence-corrected chi connectivity index (χ0v) is 7.15. The molecule has 0 unspecified atom stereocenters. The topological polar surface area (TPSA) is 12.9 Å². The number of rotatable bonds is 0. The van der Waals surface area contributed by atoms with Crippen molar-refractivity contribution in [3.05, 3.63) is 26.8 Å². The molecule has 0 amide bonds. The number of pyridine rings is 1. The number of aromatic nitrogens is 1. The van der Waals surface area contributed by atoms with Crippen LogP contribution in [0.15, 0.2) is 12.1 Å². The van der Waals surface area contributed by atoms with Crippen molar-refractivity contribution in [1.29, 1.82) is 0 Å². The molecule has 1 heterocycles. The van der Waals surface area contributed by atoms with Gasteiger partial charge in [-0.15, -0.1) is 0 Å². The fraction of sp³-hybridized carbons (Fsp3) is 0. The van der Waals surface area contributed by atoms with Crippen molar-refractivity contribution in [3.63, 3.8) is 0 Å². The summed E-state index contributed by atoms with van der Waals surface area (Å²) in [6.07, 6.45) is 0. The van der Waals surface area contributed by atoms with Gasteiger partial charge in [-0.3, -0.25) is 0 Å². The first-order valence-electron chi connectivity index (χ1n) is 2.17. The molecule has 0 fully saturated rings. The van der Waals surface area contributed by atoms with E-state index in [-0.39, 0.29) is 5.82 Å². The van der Waals surface area contributed by atoms with Crippen molar-refractivity contribution in [3.8, 4) is 0 Å². The first-order chi connectivity index (χ1) is 4.20. The molecule has 0 aromatic carbocycles. The molecule has 48 valence electrons. The molecule has 1 aromatic heterocycles. The Hall–Kier alpha value is 0.1000. The number of nitrogens with zero attached hydrogens (tertiary/aromatic N) is 1. The summed E-state index contributed by atoms with van der Waals surface area (Å²) in [5.41, 5.74) is 0. The van der Waals surface area contributed by atoms with Crippen LogP contribution in [0.3, 0.4) is 0 Å². The Bertz CT molecular complexity index is 228. The first-order valence-corrected chi connectivity index (χ1v) is 3.63. The third-order valence-electron chi connectivity index (χ3n) is 0.769. The van der Waals surface area contributed by atoms with Gasteiger partial charge in [0.05, 0.1) is 0 Å². The Kier molecular flexibility index (Phi) is 2.23. The van der Waals surface area contributed by atoms with Crippen LogP contribution in [0, 0.1) is 9.52 Å². The van der Waals surface area contributed by atoms with E-state index in [2.05, 4.69) is 4.98 Å². The normalized spacial score (nSPS) is 9.67. The first kappa shape index (κ1) is 7.21. The molecule has 9 heavy (non-hydrogen) atoms. The second-order valence-electron chi connectivity index (χ2n) is 1.41. The van der Waals surface area contributed by atoms with Gasteiger partial charge < -0.3 is 0 Å². The van der Waals surface area contributed by atoms with Crippen LogP contribution in [-0.2, 0) is 0 Å². The van der Waals surface area contributed by atoms with Gasteiger partial charge in [-0.25, -0.2) is 9.37 Å². The molecule has 0 spiro atoms. The van der Waals surface area contributed by atoms with Crippen LogP contribution in [0.5, 0.6) is 0 Å². The number of halogens is 3. The van der Waals surface area contributed by atoms with Gasteiger partial charge in [0.2, 0.25) is 0 Å². The average Bonchev–Trinajstić information content (AvgIpc) is 1.80. The summed E-state index contributed by atoms with van der Waals surface area (Å²) in [5, 5.41) is 0.320. The molecular weight excluding hydrogens is 255 g/mol. The van der Waals surface area contributed by atoms with E-state index in [1.807, 2.05) is 0 Å². The fourth-order valence-electron chi connectivity index (χ4n) is 0.395. The molecule has 1 rings (SSSR count). The summed E-state index contributed by atoms with van der Waals surface area (Å²) in [7, 11) is 0. The number of hydrogen-bond donors (Lipinski definition) is 0. The molecule has 0 aliphatic heterocycles. The maximum Gasteiger partial charge on any atom is 0.155 e. The molecule has 0 aliphatic rings. The van der Waals surface area contributed by atoms with Gasteiger partial charge in [0.1, 0.15) is 8.85 Å². The Morgan fingerprint density at radius 2 is 2.22 bits per heavy atom. The summed E-state index contributed by atoms with van der Waals surface area (Å²) in [6, 6.07) is 2.70. The highest BCUT2D eigenvalue weighted by atomic mass is 127. The van der Waals surface area contributed by atoms with Gasteiger partial charge in [0, 0.05) is 0 Å². The van der Waals surface area contributed by atoms with Crippen LogP contribution in [0.1, 0.15) is 0 Å². The molecule has 1 aromatic rings. The van der Waals surface area contributed by atoms with Crippen LogP contribution in [-0.4, -0.2) is 4.98 Å². The fourth-order valence-corrected chi connectivity index (χ4v) is 1.12. The summed E-state index contributed by atoms with van der Waals surface area (Å²) >= 11 is 7.21. The van der Waals surface area contributed by atoms with Crippen molar-refractivity contribution in [2.45, 2.75) is 0 Å². The van der Waals surface area contributed by atoms with E-state index in [0.717, 1.165) is 0 Å². The van der Waals surface area contributed by atoms with Crippen LogP contribution in [0.25, 0.3) is 0 Å². The summed E-state index contributed by atoms with van der Waals surface area (Å²) in [4.78, 5) is 3.65. The summed E-state index contributed by atoms with van der Waals surface area (Å²) in [5.74, 6) is -0.333. The largest absolute Gasteiger partial charge is 0.227 e. The Labute approximate surface area is 70.4 Å². The lowest BCUT2D eigenvalue weighted by atomic mass is 10.5. The average molecular weight is 257 g/mol. The van der Waals surface area contributed by atoms with Crippen molar-refractivity contribution in [2.75, 3.05) is 0 Å². The lowest BCUT2D eigenvalue weighted by Crippen LogP contribution is -1.85. The van der Waals surface area contributed by atoms with Gasteiger partial charge in [0.25, 0.3) is 0 Å². The van der Waals surface area contributed by atoms with E-state index >= 15 is 0 Å². The zero-order chi connectivity index (χ0) is 6.85. The minimum absolute atomic E-state index is 0.306. The van der Waals surface area contributed by atoms with Crippen LogP contribution >= 0.6 is 34.2 Å². The summed E-state index contributed by atoms with van der Waals surface area (Å²) in [6.45, 7) is 0. The molecule has 4 heteroatoms. The molecule has 1 nitrogen and oxygen atoms in total. The van der Waals surface area contributed by atoms with E-state index in [9.17, 15) is 4.39 Å². The quantitative estimate of drug-likeness (QED) is 0.514. The summed E-state index contributed by atoms with van der Waals surface area (Å²) < 4.78 is 12.7. The van der Waals surface area contributed by atoms with Crippen LogP contribution in [0.2, 0.25) is 5.15 Å². The molecule has 0 bridgehead atoms. The standard InChI is InChI=1S/C5H2ClFIN/c6-4-2-1-3(7)5(8)9-4/h1-2H. The van der Waals surface area contributed by atoms with Crippen molar-refractivity contribution < 1.29 is 4.39 Å². The SMILES string of the molecule is Fc1ccc(Cl)nc1I. The second-order valence-corrected chi connectivity index (χ2v) is 2.82. The van der Waals surface area contributed by atoms with Crippen molar-refractivity contribution in [2.24, 2.45) is 0 Å². The Morgan fingerprint density at radius 1 is 1.56 bits per heavy atom. The highest BCUT2D eigenvalue weighted by Crippen LogP contribution is 2.11. The third-order valence-corrected chi connectivity index (χ3v) is 1.74. The predicted molar refractivity (Wildman–Crippen MR) is 41.9 cm³/mol. The van der Waals surface area contributed by atoms with Crippen LogP contribution in [0.4, 0.5) is 4.39 Å². The van der Waals surface area contributed by atoms with E-state index in [0.29, 0.717) is 8.85 Å². The van der Waals surface area contributed by atoms with E-state index < -0.39 is 0 Å². The lowest BCUT2D eigenvalue weighted by Gasteiger charge is -1.90. The van der Waals surface area contributed by atoms with Crippen LogP contribution < -0.4 is 0 Å². The molecule has 0 saturated carbocycles. The van der Waals surface area contributed by atoms with Gasteiger partial charge >= 0.3 is 0 Å². The Balaban J connectivity index is 3.17. The van der Waals surface area contributed by atoms with Crippen molar-refractivity contribution >= 4 is 34.2 Å². The van der Waals surface area contributed by atoms with Gasteiger partial charge in [-0.1, -0.05) is 11.6 Å². The van der Waals surface area contributed by atoms with E-state index in [1.165, 1.54) is 12.1 Å². The molecule has 0 atom stereocenters. The van der Waals surface area contributed by atoms with E-state index in [4.69, 9.17) is 11.6 Å². The smallest absolute Gasteiger partial charge is 0.155 e. The highest BCUT2D eigenvalue weighted by Gasteiger charge is 1.97. The Morgan fingerprint density at radius 3 is 2.67 bits per heavy atom. The minimum Gasteiger partial charge on any atom is -0.227 e. The maximum absolute atomic E-state index is 12.4. The van der Waals surface area contributed by atoms with Gasteiger partial charge in [-0.05, 0) is 34.7 Å². The van der Waals surface area contributed by atoms with Gasteiger partial charge in [0.15, 0.2) is 5.82 Å². The monoisotopic (exact) mass is 257 g/mol. The lowest BCUT2D eigenvalue weighted by molar-refractivity contribution is 0.612. The minimum atomic E-state index is -0.333. The highest BCUT2D eigenvalue weighted by molar-refractivity contribution is 14.1. The molecular formula is C5H2ClFIN.